The van der Waals surface area contributed by atoms with Crippen LogP contribution in [0.3, 0.4) is 0 Å². The maximum absolute atomic E-state index is 0. The molecule has 0 aliphatic rings. The minimum absolute atomic E-state index is 0. The van der Waals surface area contributed by atoms with Crippen LogP contribution in [0, 0.1) is 0 Å². The van der Waals surface area contributed by atoms with Crippen LogP contribution in [0.25, 0.3) is 0 Å². The Hall–Kier alpha value is -0.160. The Labute approximate surface area is 30.7 Å². The van der Waals surface area contributed by atoms with Crippen LogP contribution in [0.1, 0.15) is 7.43 Å². The van der Waals surface area contributed by atoms with Crippen molar-refractivity contribution in [1.82, 2.24) is 0 Å². The number of hydrogen-bond acceptors (Lipinski definition) is 0. The van der Waals surface area contributed by atoms with Gasteiger partial charge in [0, 0.05) is 0 Å². The van der Waals surface area contributed by atoms with Crippen molar-refractivity contribution in [2.24, 2.45) is 0 Å². The van der Waals surface area contributed by atoms with Gasteiger partial charge in [0.1, 0.15) is 0 Å². The van der Waals surface area contributed by atoms with E-state index in [-0.39, 0.29) is 29.3 Å². The van der Waals surface area contributed by atoms with Gasteiger partial charge in [-0.25, -0.2) is 0 Å². The maximum Gasteiger partial charge on any atom is -0.0776 e. The molecule has 40 valence electrons. The summed E-state index contributed by atoms with van der Waals surface area (Å²) in [5.74, 6) is 0. The van der Waals surface area contributed by atoms with Crippen molar-refractivity contribution in [2.75, 3.05) is 0 Å². The molecule has 0 unspecified atom stereocenters. The zero-order chi connectivity index (χ0) is 0. The first-order valence-electron chi connectivity index (χ1n) is 0. The molecule has 0 aliphatic carbocycles. The third-order valence-corrected chi connectivity index (χ3v) is 0. The molecular formula is CH12O4. The third-order valence-electron chi connectivity index (χ3n) is 0. The Morgan fingerprint density at radius 3 is 0.400 bits per heavy atom. The summed E-state index contributed by atoms with van der Waals surface area (Å²) in [6.45, 7) is 0. The summed E-state index contributed by atoms with van der Waals surface area (Å²) in [6, 6.07) is 0. The van der Waals surface area contributed by atoms with Gasteiger partial charge in [-0.2, -0.15) is 0 Å². The maximum atomic E-state index is 0. The van der Waals surface area contributed by atoms with Crippen LogP contribution in [-0.4, -0.2) is 21.9 Å². The average molecular weight is 88.1 g/mol. The molecule has 8 N–H and O–H groups in total. The third kappa shape index (κ3) is 508. The Morgan fingerprint density at radius 1 is 0.400 bits per heavy atom. The van der Waals surface area contributed by atoms with E-state index in [0.717, 1.165) is 0 Å². The van der Waals surface area contributed by atoms with Crippen molar-refractivity contribution in [3.8, 4) is 0 Å². The van der Waals surface area contributed by atoms with E-state index in [1.807, 2.05) is 0 Å². The van der Waals surface area contributed by atoms with Crippen LogP contribution in [-0.2, 0) is 0 Å². The van der Waals surface area contributed by atoms with E-state index in [1.165, 1.54) is 0 Å². The topological polar surface area (TPSA) is 126 Å². The van der Waals surface area contributed by atoms with E-state index in [9.17, 15) is 0 Å². The summed E-state index contributed by atoms with van der Waals surface area (Å²) in [4.78, 5) is 0. The largest absolute Gasteiger partial charge is 0.412 e. The SMILES string of the molecule is C.O.O.O.O. The molecule has 0 saturated carbocycles. The van der Waals surface area contributed by atoms with Crippen LogP contribution in [0.15, 0.2) is 0 Å². The molecule has 5 heavy (non-hydrogen) atoms. The van der Waals surface area contributed by atoms with E-state index in [4.69, 9.17) is 0 Å². The van der Waals surface area contributed by atoms with Crippen molar-refractivity contribution in [2.45, 2.75) is 7.43 Å². The van der Waals surface area contributed by atoms with Crippen molar-refractivity contribution >= 4 is 0 Å². The zero-order valence-corrected chi connectivity index (χ0v) is 2.00. The Bertz CT molecular complexity index is 3.61. The second kappa shape index (κ2) is 1210. The first-order chi connectivity index (χ1) is 0. The normalized spacial score (nSPS) is 0. The fraction of sp³-hybridized carbons (Fsp3) is 1.00. The minimum Gasteiger partial charge on any atom is -0.412 e. The molecule has 0 amide bonds. The first-order valence-corrected chi connectivity index (χ1v) is 0. The van der Waals surface area contributed by atoms with Crippen LogP contribution < -0.4 is 0 Å². The Morgan fingerprint density at radius 2 is 0.400 bits per heavy atom. The van der Waals surface area contributed by atoms with Gasteiger partial charge in [0.15, 0.2) is 0 Å². The molecule has 0 aromatic carbocycles. The van der Waals surface area contributed by atoms with Gasteiger partial charge in [0.25, 0.3) is 0 Å². The van der Waals surface area contributed by atoms with Gasteiger partial charge in [0.05, 0.1) is 0 Å². The second-order valence-corrected chi connectivity index (χ2v) is 0. The van der Waals surface area contributed by atoms with Gasteiger partial charge < -0.3 is 21.9 Å². The van der Waals surface area contributed by atoms with Crippen molar-refractivity contribution in [3.05, 3.63) is 0 Å². The van der Waals surface area contributed by atoms with E-state index < -0.39 is 0 Å². The van der Waals surface area contributed by atoms with Gasteiger partial charge in [-0.3, -0.25) is 0 Å². The molecule has 0 aromatic rings. The number of rotatable bonds is 0. The van der Waals surface area contributed by atoms with E-state index >= 15 is 0 Å². The van der Waals surface area contributed by atoms with Crippen LogP contribution in [0.5, 0.6) is 0 Å². The highest BCUT2D eigenvalue weighted by atomic mass is 16.0. The summed E-state index contributed by atoms with van der Waals surface area (Å²) < 4.78 is 0. The smallest absolute Gasteiger partial charge is 0.0776 e. The van der Waals surface area contributed by atoms with Crippen molar-refractivity contribution in [1.29, 1.82) is 0 Å². The predicted octanol–water partition coefficient (Wildman–Crippen LogP) is -2.66. The highest BCUT2D eigenvalue weighted by molar-refractivity contribution is 2.50. The molecule has 4 heteroatoms. The second-order valence-electron chi connectivity index (χ2n) is 0. The molecule has 0 radical (unpaired) electrons. The Kier molecular flexibility index (Phi) is 675000. The monoisotopic (exact) mass is 88.1 g/mol. The van der Waals surface area contributed by atoms with Gasteiger partial charge in [0.2, 0.25) is 0 Å². The van der Waals surface area contributed by atoms with Crippen LogP contribution in [0.2, 0.25) is 0 Å². The molecule has 0 fully saturated rings. The highest BCUT2D eigenvalue weighted by Crippen LogP contribution is 0.144. The van der Waals surface area contributed by atoms with Gasteiger partial charge in [-0.05, 0) is 0 Å². The lowest BCUT2D eigenvalue weighted by Crippen LogP contribution is -0.290. The molecule has 0 aromatic heterocycles. The van der Waals surface area contributed by atoms with Gasteiger partial charge in [-0.1, -0.05) is 7.43 Å². The molecule has 0 saturated heterocycles. The summed E-state index contributed by atoms with van der Waals surface area (Å²) in [7, 11) is 0. The van der Waals surface area contributed by atoms with E-state index in [1.54, 1.807) is 0 Å². The van der Waals surface area contributed by atoms with E-state index in [0.29, 0.717) is 0 Å². The molecular weight excluding hydrogens is 76.0 g/mol. The summed E-state index contributed by atoms with van der Waals surface area (Å²) in [6.07, 6.45) is 0. The minimum atomic E-state index is 0. The fourth-order valence-corrected chi connectivity index (χ4v) is 0. The van der Waals surface area contributed by atoms with Crippen molar-refractivity contribution in [3.63, 3.8) is 0 Å². The molecule has 0 aliphatic heterocycles. The molecule has 0 spiro atoms. The number of hydrogen-bond donors (Lipinski definition) is 0. The lowest BCUT2D eigenvalue weighted by Gasteiger charge is -0.413. The molecule has 0 bridgehead atoms. The van der Waals surface area contributed by atoms with Crippen LogP contribution >= 0.6 is 0 Å². The lowest BCUT2D eigenvalue weighted by molar-refractivity contribution is 0.823. The quantitative estimate of drug-likeness (QED) is 0.306. The Balaban J connectivity index is 0. The summed E-state index contributed by atoms with van der Waals surface area (Å²) in [5.41, 5.74) is 0. The molecule has 4 nitrogen and oxygen atoms in total. The van der Waals surface area contributed by atoms with Gasteiger partial charge >= 0.3 is 0 Å². The molecule has 0 heterocycles. The highest BCUT2D eigenvalue weighted by Gasteiger charge is -0.0775. The fourth-order valence-electron chi connectivity index (χ4n) is 0. The van der Waals surface area contributed by atoms with Crippen molar-refractivity contribution < 1.29 is 21.9 Å². The lowest BCUT2D eigenvalue weighted by atomic mass is 12.0. The van der Waals surface area contributed by atoms with E-state index in [2.05, 4.69) is 0 Å². The molecule has 0 rings (SSSR count). The zero-order valence-electron chi connectivity index (χ0n) is 2.00. The first kappa shape index (κ1) is 2790. The average Bonchev–Trinajstić information content (AvgIpc) is 0. The summed E-state index contributed by atoms with van der Waals surface area (Å²) in [5, 5.41) is 0. The standard InChI is InChI=1S/CH4.4H2O/h1H4;4*1H2. The van der Waals surface area contributed by atoms with Gasteiger partial charge in [-0.15, -0.1) is 0 Å². The van der Waals surface area contributed by atoms with Crippen LogP contribution in [0.4, 0.5) is 0 Å². The molecule has 0 atom stereocenters. The summed E-state index contributed by atoms with van der Waals surface area (Å²) >= 11 is 0. The predicted molar refractivity (Wildman–Crippen MR) is 21.2 cm³/mol.